The molecular formula is C21H27N3O3. The lowest BCUT2D eigenvalue weighted by Gasteiger charge is -2.18. The third kappa shape index (κ3) is 5.56. The number of aryl methyl sites for hydroxylation is 2. The standard InChI is InChI=1S/C21H27N3O3/c1-5-24(6-2)18-11-10-17(19(25)12-18)13-22-23-20(26)14-27-21-15(3)8-7-9-16(21)4/h7-13,25H,5-6,14H2,1-4H3,(H,23,26). The van der Waals surface area contributed by atoms with Crippen molar-refractivity contribution >= 4 is 17.8 Å². The smallest absolute Gasteiger partial charge is 0.277 e. The Bertz CT molecular complexity index is 794. The molecule has 0 saturated heterocycles. The Morgan fingerprint density at radius 2 is 1.85 bits per heavy atom. The van der Waals surface area contributed by atoms with Crippen molar-refractivity contribution in [2.75, 3.05) is 19.7 Å². The number of carbonyl (C=O) groups excluding carboxylic acids is 1. The molecule has 0 fully saturated rings. The third-order valence-electron chi connectivity index (χ3n) is 4.42. The van der Waals surface area contributed by atoms with Crippen molar-refractivity contribution < 1.29 is 19.5 Å². The van der Waals surface area contributed by atoms with Crippen molar-refractivity contribution in [2.24, 2.45) is 5.10 Å². The van der Waals surface area contributed by atoms with Gasteiger partial charge >= 0.3 is 0 Å². The van der Waals surface area contributed by atoms with Crippen LogP contribution >= 0.6 is 0 Å². The summed E-state index contributed by atoms with van der Waals surface area (Å²) in [4.78, 5) is 13.1. The average Bonchev–Trinajstić information content (AvgIpc) is 2.64. The van der Waals surface area contributed by atoms with Crippen LogP contribution in [0.25, 0.3) is 0 Å². The summed E-state index contributed by atoms with van der Waals surface area (Å²) in [5.74, 6) is 0.204. The Morgan fingerprint density at radius 1 is 1.19 bits per heavy atom. The van der Waals surface area contributed by atoms with Gasteiger partial charge in [0.15, 0.2) is 6.61 Å². The number of nitrogens with zero attached hydrogens (tertiary/aromatic N) is 1. The molecular weight excluding hydrogens is 342 g/mol. The normalized spacial score (nSPS) is 11.1. The number of quaternary nitrogens is 1. The van der Waals surface area contributed by atoms with Gasteiger partial charge in [0.25, 0.3) is 5.91 Å². The number of amides is 1. The minimum atomic E-state index is -0.384. The monoisotopic (exact) mass is 369 g/mol. The van der Waals surface area contributed by atoms with Crippen LogP contribution in [-0.2, 0) is 4.79 Å². The first-order chi connectivity index (χ1) is 13.0. The molecule has 0 unspecified atom stereocenters. The molecule has 0 radical (unpaired) electrons. The number of rotatable bonds is 8. The lowest BCUT2D eigenvalue weighted by Crippen LogP contribution is -3.06. The molecule has 6 heteroatoms. The van der Waals surface area contributed by atoms with Gasteiger partial charge in [-0.25, -0.2) is 5.43 Å². The van der Waals surface area contributed by atoms with Crippen LogP contribution in [0.3, 0.4) is 0 Å². The van der Waals surface area contributed by atoms with Crippen LogP contribution in [0.5, 0.6) is 11.5 Å². The van der Waals surface area contributed by atoms with E-state index < -0.39 is 0 Å². The molecule has 0 aliphatic rings. The highest BCUT2D eigenvalue weighted by Gasteiger charge is 2.08. The van der Waals surface area contributed by atoms with Crippen molar-refractivity contribution in [3.05, 3.63) is 53.1 Å². The summed E-state index contributed by atoms with van der Waals surface area (Å²) in [5, 5.41) is 16.1. The fraction of sp³-hybridized carbons (Fsp3) is 0.333. The Hall–Kier alpha value is -2.86. The van der Waals surface area contributed by atoms with Gasteiger partial charge in [-0.3, -0.25) is 4.79 Å². The third-order valence-corrected chi connectivity index (χ3v) is 4.42. The van der Waals surface area contributed by atoms with E-state index in [9.17, 15) is 9.90 Å². The second-order valence-electron chi connectivity index (χ2n) is 6.37. The van der Waals surface area contributed by atoms with Gasteiger partial charge in [0, 0.05) is 0 Å². The molecule has 0 heterocycles. The molecule has 1 amide bonds. The van der Waals surface area contributed by atoms with E-state index in [1.165, 1.54) is 11.1 Å². The number of hydrogen-bond donors (Lipinski definition) is 2. The maximum atomic E-state index is 12.2. The van der Waals surface area contributed by atoms with Gasteiger partial charge in [-0.15, -0.1) is 0 Å². The number of para-hydroxylation sites is 1. The number of hydrazone groups is 1. The summed E-state index contributed by atoms with van der Waals surface area (Å²) < 4.78 is 5.57. The number of carbonyl (C=O) groups is 1. The molecule has 6 nitrogen and oxygen atoms in total. The van der Waals surface area contributed by atoms with Crippen molar-refractivity contribution in [1.29, 1.82) is 0 Å². The van der Waals surface area contributed by atoms with E-state index in [1.54, 1.807) is 12.1 Å². The first-order valence-corrected chi connectivity index (χ1v) is 9.13. The van der Waals surface area contributed by atoms with Crippen LogP contribution in [-0.4, -0.2) is 31.8 Å². The molecule has 2 aromatic rings. The van der Waals surface area contributed by atoms with Crippen LogP contribution in [0.1, 0.15) is 30.5 Å². The van der Waals surface area contributed by atoms with Gasteiger partial charge in [-0.05, 0) is 62.6 Å². The molecule has 0 atom stereocenters. The first-order valence-electron chi connectivity index (χ1n) is 9.13. The van der Waals surface area contributed by atoms with Crippen LogP contribution in [0.2, 0.25) is 0 Å². The molecule has 0 spiro atoms. The summed E-state index contributed by atoms with van der Waals surface area (Å²) in [6, 6.07) is 11.1. The zero-order valence-corrected chi connectivity index (χ0v) is 16.3. The summed E-state index contributed by atoms with van der Waals surface area (Å²) in [7, 11) is 0. The van der Waals surface area contributed by atoms with E-state index >= 15 is 0 Å². The minimum Gasteiger partial charge on any atom is -0.872 e. The van der Waals surface area contributed by atoms with Gasteiger partial charge in [0.2, 0.25) is 0 Å². The Kier molecular flexibility index (Phi) is 7.37. The highest BCUT2D eigenvalue weighted by molar-refractivity contribution is 5.85. The molecule has 0 aliphatic heterocycles. The van der Waals surface area contributed by atoms with Crippen LogP contribution in [0.4, 0.5) is 5.69 Å². The molecule has 0 aromatic heterocycles. The average molecular weight is 369 g/mol. The SMILES string of the molecule is CC[NH+](CC)c1ccc(C=NNC(=O)COc2c(C)cccc2C)c([O-])c1. The maximum Gasteiger partial charge on any atom is 0.277 e. The van der Waals surface area contributed by atoms with E-state index in [0.717, 1.165) is 29.9 Å². The number of ether oxygens (including phenoxy) is 1. The topological polar surface area (TPSA) is 78.2 Å². The molecule has 0 aliphatic carbocycles. The van der Waals surface area contributed by atoms with Gasteiger partial charge in [-0.1, -0.05) is 23.9 Å². The minimum absolute atomic E-state index is 0.114. The lowest BCUT2D eigenvalue weighted by molar-refractivity contribution is -0.828. The van der Waals surface area contributed by atoms with Crippen LogP contribution in [0, 0.1) is 13.8 Å². The zero-order chi connectivity index (χ0) is 19.8. The van der Waals surface area contributed by atoms with E-state index in [-0.39, 0.29) is 18.3 Å². The highest BCUT2D eigenvalue weighted by atomic mass is 16.5. The van der Waals surface area contributed by atoms with Crippen molar-refractivity contribution in [3.63, 3.8) is 0 Å². The second kappa shape index (κ2) is 9.73. The van der Waals surface area contributed by atoms with Crippen molar-refractivity contribution in [1.82, 2.24) is 5.43 Å². The van der Waals surface area contributed by atoms with Crippen molar-refractivity contribution in [3.8, 4) is 11.5 Å². The molecule has 0 bridgehead atoms. The zero-order valence-electron chi connectivity index (χ0n) is 16.3. The van der Waals surface area contributed by atoms with E-state index in [1.807, 2.05) is 38.1 Å². The van der Waals surface area contributed by atoms with E-state index in [4.69, 9.17) is 4.74 Å². The van der Waals surface area contributed by atoms with Gasteiger partial charge in [0.05, 0.1) is 19.3 Å². The predicted molar refractivity (Wildman–Crippen MR) is 105 cm³/mol. The first kappa shape index (κ1) is 20.5. The summed E-state index contributed by atoms with van der Waals surface area (Å²) in [5.41, 5.74) is 5.73. The fourth-order valence-corrected chi connectivity index (χ4v) is 2.89. The Balaban J connectivity index is 1.92. The molecule has 144 valence electrons. The maximum absolute atomic E-state index is 12.2. The summed E-state index contributed by atoms with van der Waals surface area (Å²) >= 11 is 0. The summed E-state index contributed by atoms with van der Waals surface area (Å²) in [6.45, 7) is 9.70. The van der Waals surface area contributed by atoms with Gasteiger partial charge in [0.1, 0.15) is 11.4 Å². The quantitative estimate of drug-likeness (QED) is 0.546. The number of hydrogen-bond acceptors (Lipinski definition) is 4. The Labute approximate surface area is 160 Å². The number of benzene rings is 2. The predicted octanol–water partition coefficient (Wildman–Crippen LogP) is 1.46. The second-order valence-corrected chi connectivity index (χ2v) is 6.37. The Morgan fingerprint density at radius 3 is 2.44 bits per heavy atom. The largest absolute Gasteiger partial charge is 0.872 e. The molecule has 27 heavy (non-hydrogen) atoms. The van der Waals surface area contributed by atoms with Crippen LogP contribution in [0.15, 0.2) is 41.5 Å². The van der Waals surface area contributed by atoms with Crippen LogP contribution < -0.4 is 20.2 Å². The van der Waals surface area contributed by atoms with E-state index in [0.29, 0.717) is 11.3 Å². The fourth-order valence-electron chi connectivity index (χ4n) is 2.89. The van der Waals surface area contributed by atoms with Gasteiger partial charge < -0.3 is 14.7 Å². The van der Waals surface area contributed by atoms with Crippen molar-refractivity contribution in [2.45, 2.75) is 27.7 Å². The molecule has 2 aromatic carbocycles. The molecule has 2 N–H and O–H groups in total. The number of nitrogens with one attached hydrogen (secondary N) is 2. The van der Waals surface area contributed by atoms with E-state index in [2.05, 4.69) is 24.4 Å². The lowest BCUT2D eigenvalue weighted by atomic mass is 10.1. The van der Waals surface area contributed by atoms with Gasteiger partial charge in [-0.2, -0.15) is 5.10 Å². The highest BCUT2D eigenvalue weighted by Crippen LogP contribution is 2.22. The summed E-state index contributed by atoms with van der Waals surface area (Å²) in [6.07, 6.45) is 1.36. The molecule has 0 saturated carbocycles. The molecule has 2 rings (SSSR count).